The molecular weight excluding hydrogens is 278 g/mol. The molecule has 0 radical (unpaired) electrons. The van der Waals surface area contributed by atoms with Gasteiger partial charge in [0.2, 0.25) is 5.91 Å². The minimum absolute atomic E-state index is 0.0394. The van der Waals surface area contributed by atoms with Crippen molar-refractivity contribution in [1.29, 1.82) is 0 Å². The van der Waals surface area contributed by atoms with E-state index >= 15 is 0 Å². The third-order valence-electron chi connectivity index (χ3n) is 3.07. The predicted octanol–water partition coefficient (Wildman–Crippen LogP) is 2.85. The SMILES string of the molecule is CNC1CCCN(c2cc(Cl)c(F)c(Cl)c2)C1=O. The van der Waals surface area contributed by atoms with Crippen molar-refractivity contribution in [3.63, 3.8) is 0 Å². The van der Waals surface area contributed by atoms with Crippen LogP contribution in [0.25, 0.3) is 0 Å². The number of carbonyl (C=O) groups is 1. The Labute approximate surface area is 115 Å². The zero-order valence-corrected chi connectivity index (χ0v) is 11.4. The van der Waals surface area contributed by atoms with Gasteiger partial charge in [-0.2, -0.15) is 0 Å². The molecule has 1 saturated heterocycles. The van der Waals surface area contributed by atoms with Crippen LogP contribution >= 0.6 is 23.2 Å². The van der Waals surface area contributed by atoms with Crippen LogP contribution in [0.5, 0.6) is 0 Å². The molecule has 1 N–H and O–H groups in total. The first-order valence-corrected chi connectivity index (χ1v) is 6.43. The van der Waals surface area contributed by atoms with Gasteiger partial charge in [-0.3, -0.25) is 4.79 Å². The first-order chi connectivity index (χ1) is 8.54. The number of amides is 1. The first-order valence-electron chi connectivity index (χ1n) is 5.67. The lowest BCUT2D eigenvalue weighted by atomic mass is 10.0. The van der Waals surface area contributed by atoms with Gasteiger partial charge in [-0.05, 0) is 32.0 Å². The number of likely N-dealkylation sites (N-methyl/N-ethyl adjacent to an activating group) is 1. The average Bonchev–Trinajstić information content (AvgIpc) is 2.35. The summed E-state index contributed by atoms with van der Waals surface area (Å²) in [5, 5.41) is 2.82. The number of anilines is 1. The van der Waals surface area contributed by atoms with Crippen LogP contribution < -0.4 is 10.2 Å². The molecule has 1 aliphatic rings. The molecule has 0 bridgehead atoms. The van der Waals surface area contributed by atoms with Crippen molar-refractivity contribution in [2.75, 3.05) is 18.5 Å². The Morgan fingerprint density at radius 3 is 2.56 bits per heavy atom. The van der Waals surface area contributed by atoms with Gasteiger partial charge in [0.1, 0.15) is 0 Å². The zero-order valence-electron chi connectivity index (χ0n) is 9.84. The van der Waals surface area contributed by atoms with E-state index in [0.717, 1.165) is 12.8 Å². The minimum atomic E-state index is -0.656. The molecule has 0 spiro atoms. The van der Waals surface area contributed by atoms with Crippen LogP contribution in [0.2, 0.25) is 10.0 Å². The molecule has 2 rings (SSSR count). The van der Waals surface area contributed by atoms with Gasteiger partial charge in [0.25, 0.3) is 0 Å². The normalized spacial score (nSPS) is 20.3. The molecule has 1 heterocycles. The fourth-order valence-electron chi connectivity index (χ4n) is 2.10. The van der Waals surface area contributed by atoms with Gasteiger partial charge in [0.15, 0.2) is 5.82 Å². The summed E-state index contributed by atoms with van der Waals surface area (Å²) in [5.74, 6) is -0.695. The van der Waals surface area contributed by atoms with Gasteiger partial charge in [0.05, 0.1) is 16.1 Å². The van der Waals surface area contributed by atoms with Crippen LogP contribution in [0.3, 0.4) is 0 Å². The average molecular weight is 291 g/mol. The van der Waals surface area contributed by atoms with Crippen LogP contribution in [0, 0.1) is 5.82 Å². The predicted molar refractivity (Wildman–Crippen MR) is 70.9 cm³/mol. The van der Waals surface area contributed by atoms with Crippen molar-refractivity contribution < 1.29 is 9.18 Å². The number of piperidine rings is 1. The van der Waals surface area contributed by atoms with Gasteiger partial charge in [-0.15, -0.1) is 0 Å². The Hall–Kier alpha value is -0.840. The summed E-state index contributed by atoms with van der Waals surface area (Å²) >= 11 is 11.5. The lowest BCUT2D eigenvalue weighted by Gasteiger charge is -2.32. The van der Waals surface area contributed by atoms with E-state index in [1.165, 1.54) is 12.1 Å². The molecule has 3 nitrogen and oxygen atoms in total. The van der Waals surface area contributed by atoms with Crippen molar-refractivity contribution in [3.05, 3.63) is 28.0 Å². The minimum Gasteiger partial charge on any atom is -0.311 e. The van der Waals surface area contributed by atoms with E-state index < -0.39 is 5.82 Å². The molecule has 1 aliphatic heterocycles. The van der Waals surface area contributed by atoms with Crippen molar-refractivity contribution in [2.24, 2.45) is 0 Å². The third-order valence-corrected chi connectivity index (χ3v) is 3.62. The van der Waals surface area contributed by atoms with Crippen LogP contribution in [0.15, 0.2) is 12.1 Å². The molecule has 0 saturated carbocycles. The second kappa shape index (κ2) is 5.43. The van der Waals surface area contributed by atoms with E-state index in [2.05, 4.69) is 5.32 Å². The van der Waals surface area contributed by atoms with Gasteiger partial charge >= 0.3 is 0 Å². The highest BCUT2D eigenvalue weighted by Crippen LogP contribution is 2.31. The molecule has 1 aromatic carbocycles. The number of hydrogen-bond donors (Lipinski definition) is 1. The van der Waals surface area contributed by atoms with E-state index in [-0.39, 0.29) is 22.0 Å². The first kappa shape index (κ1) is 13.6. The van der Waals surface area contributed by atoms with Crippen molar-refractivity contribution in [1.82, 2.24) is 5.32 Å². The summed E-state index contributed by atoms with van der Waals surface area (Å²) in [6.45, 7) is 0.593. The molecular formula is C12H13Cl2FN2O. The third kappa shape index (κ3) is 2.46. The van der Waals surface area contributed by atoms with Gasteiger partial charge < -0.3 is 10.2 Å². The fourth-order valence-corrected chi connectivity index (χ4v) is 2.57. The maximum Gasteiger partial charge on any atom is 0.244 e. The van der Waals surface area contributed by atoms with Crippen LogP contribution in [-0.2, 0) is 4.79 Å². The molecule has 98 valence electrons. The molecule has 0 aliphatic carbocycles. The Morgan fingerprint density at radius 2 is 2.00 bits per heavy atom. The monoisotopic (exact) mass is 290 g/mol. The number of nitrogens with zero attached hydrogens (tertiary/aromatic N) is 1. The number of rotatable bonds is 2. The Kier molecular flexibility index (Phi) is 4.10. The quantitative estimate of drug-likeness (QED) is 0.850. The summed E-state index contributed by atoms with van der Waals surface area (Å²) in [4.78, 5) is 13.7. The summed E-state index contributed by atoms with van der Waals surface area (Å²) in [5.41, 5.74) is 0.538. The lowest BCUT2D eigenvalue weighted by molar-refractivity contribution is -0.121. The molecule has 1 aromatic rings. The van der Waals surface area contributed by atoms with E-state index in [0.29, 0.717) is 12.2 Å². The summed E-state index contributed by atoms with van der Waals surface area (Å²) in [6, 6.07) is 2.65. The Bertz CT molecular complexity index is 458. The fraction of sp³-hybridized carbons (Fsp3) is 0.417. The van der Waals surface area contributed by atoms with Crippen molar-refractivity contribution in [2.45, 2.75) is 18.9 Å². The maximum absolute atomic E-state index is 13.3. The van der Waals surface area contributed by atoms with E-state index in [1.54, 1.807) is 11.9 Å². The van der Waals surface area contributed by atoms with Gasteiger partial charge in [-0.25, -0.2) is 4.39 Å². The highest BCUT2D eigenvalue weighted by atomic mass is 35.5. The van der Waals surface area contributed by atoms with Crippen LogP contribution in [-0.4, -0.2) is 25.5 Å². The topological polar surface area (TPSA) is 32.3 Å². The maximum atomic E-state index is 13.3. The Balaban J connectivity index is 2.33. The van der Waals surface area contributed by atoms with E-state index in [4.69, 9.17) is 23.2 Å². The molecule has 1 amide bonds. The summed E-state index contributed by atoms with van der Waals surface area (Å²) in [6.07, 6.45) is 1.68. The summed E-state index contributed by atoms with van der Waals surface area (Å²) in [7, 11) is 1.75. The second-order valence-corrected chi connectivity index (χ2v) is 5.01. The molecule has 1 fully saturated rings. The molecule has 18 heavy (non-hydrogen) atoms. The van der Waals surface area contributed by atoms with Gasteiger partial charge in [-0.1, -0.05) is 23.2 Å². The van der Waals surface area contributed by atoms with Crippen LogP contribution in [0.1, 0.15) is 12.8 Å². The highest BCUT2D eigenvalue weighted by Gasteiger charge is 2.29. The Morgan fingerprint density at radius 1 is 1.39 bits per heavy atom. The van der Waals surface area contributed by atoms with E-state index in [1.807, 2.05) is 0 Å². The smallest absolute Gasteiger partial charge is 0.244 e. The second-order valence-electron chi connectivity index (χ2n) is 4.20. The molecule has 1 unspecified atom stereocenters. The molecule has 0 aromatic heterocycles. The molecule has 1 atom stereocenters. The lowest BCUT2D eigenvalue weighted by Crippen LogP contribution is -2.49. The summed E-state index contributed by atoms with van der Waals surface area (Å²) < 4.78 is 13.3. The highest BCUT2D eigenvalue weighted by molar-refractivity contribution is 6.35. The number of hydrogen-bond acceptors (Lipinski definition) is 2. The number of benzene rings is 1. The van der Waals surface area contributed by atoms with Gasteiger partial charge in [0, 0.05) is 12.2 Å². The molecule has 6 heteroatoms. The number of nitrogens with one attached hydrogen (secondary N) is 1. The number of carbonyl (C=O) groups excluding carboxylic acids is 1. The zero-order chi connectivity index (χ0) is 13.3. The number of halogens is 3. The standard InChI is InChI=1S/C12H13Cl2FN2O/c1-16-10-3-2-4-17(12(10)18)7-5-8(13)11(15)9(14)6-7/h5-6,10,16H,2-4H2,1H3. The largest absolute Gasteiger partial charge is 0.311 e. The van der Waals surface area contributed by atoms with Crippen molar-refractivity contribution in [3.8, 4) is 0 Å². The van der Waals surface area contributed by atoms with Crippen molar-refractivity contribution >= 4 is 34.8 Å². The van der Waals surface area contributed by atoms with Crippen LogP contribution in [0.4, 0.5) is 10.1 Å². The van der Waals surface area contributed by atoms with E-state index in [9.17, 15) is 9.18 Å².